The molecule has 218 valence electrons. The highest BCUT2D eigenvalue weighted by molar-refractivity contribution is 7.19. The van der Waals surface area contributed by atoms with Crippen LogP contribution in [0, 0.1) is 24.1 Å². The number of hydrogen-bond acceptors (Lipinski definition) is 10. The molecule has 0 radical (unpaired) electrons. The third-order valence-corrected chi connectivity index (χ3v) is 10.6. The summed E-state index contributed by atoms with van der Waals surface area (Å²) < 4.78 is 21.4. The number of anilines is 1. The zero-order chi connectivity index (χ0) is 29.2. The molecule has 2 fully saturated rings. The summed E-state index contributed by atoms with van der Waals surface area (Å²) in [6, 6.07) is 2.30. The van der Waals surface area contributed by atoms with Crippen LogP contribution in [0.25, 0.3) is 32.2 Å². The van der Waals surface area contributed by atoms with Crippen molar-refractivity contribution in [3.63, 3.8) is 0 Å². The average Bonchev–Trinajstić information content (AvgIpc) is 3.75. The fraction of sp³-hybridized carbons (Fsp3) is 0.484. The maximum absolute atomic E-state index is 15.0. The molecule has 3 aromatic heterocycles. The SMILES string of the molecule is CCc1c(-c2ncc(F)c3sc(C)c(C#N)c23)c2c(c3cnc(N4CCC(CO)(N5CCN(C)CC5)C4)nc13)COC2. The van der Waals surface area contributed by atoms with Crippen LogP contribution in [0.1, 0.15) is 40.5 Å². The van der Waals surface area contributed by atoms with Crippen molar-refractivity contribution in [1.29, 1.82) is 5.26 Å². The van der Waals surface area contributed by atoms with E-state index in [1.807, 2.05) is 13.1 Å². The number of likely N-dealkylation sites (N-methyl/N-ethyl adjacent to an activating group) is 1. The molecular weight excluding hydrogens is 553 g/mol. The number of aryl methyl sites for hydroxylation is 2. The standard InChI is InChI=1S/C31H34FN7O2S/c1-4-19-25(28-26-20(11-33)18(2)42-29(26)24(32)13-34-28)23-15-41-14-22(23)21-12-35-30(36-27(19)21)38-6-5-31(16-38,17-40)39-9-7-37(3)8-10-39/h12-13,40H,4-10,14-17H2,1-3H3. The molecule has 0 spiro atoms. The third kappa shape index (κ3) is 4.12. The van der Waals surface area contributed by atoms with E-state index < -0.39 is 5.82 Å². The minimum atomic E-state index is -0.415. The Hall–Kier alpha value is -3.27. The molecule has 0 aliphatic carbocycles. The van der Waals surface area contributed by atoms with Gasteiger partial charge in [0.05, 0.1) is 53.0 Å². The van der Waals surface area contributed by atoms with E-state index in [2.05, 4.69) is 39.7 Å². The molecule has 0 bridgehead atoms. The molecule has 1 unspecified atom stereocenters. The lowest BCUT2D eigenvalue weighted by Crippen LogP contribution is -2.59. The van der Waals surface area contributed by atoms with Gasteiger partial charge >= 0.3 is 0 Å². The van der Waals surface area contributed by atoms with Gasteiger partial charge in [0.2, 0.25) is 5.95 Å². The Bertz CT molecular complexity index is 1760. The fourth-order valence-electron chi connectivity index (χ4n) is 7.10. The van der Waals surface area contributed by atoms with Crippen molar-refractivity contribution >= 4 is 38.3 Å². The lowest BCUT2D eigenvalue weighted by atomic mass is 9.88. The van der Waals surface area contributed by atoms with E-state index in [1.54, 1.807) is 0 Å². The smallest absolute Gasteiger partial charge is 0.225 e. The summed E-state index contributed by atoms with van der Waals surface area (Å²) in [6.07, 6.45) is 4.70. The number of rotatable bonds is 5. The first kappa shape index (κ1) is 27.6. The fourth-order valence-corrected chi connectivity index (χ4v) is 8.11. The molecule has 1 atom stereocenters. The summed E-state index contributed by atoms with van der Waals surface area (Å²) in [4.78, 5) is 22.4. The van der Waals surface area contributed by atoms with Crippen LogP contribution in [-0.4, -0.2) is 88.3 Å². The number of aliphatic hydroxyl groups is 1. The number of ether oxygens (including phenoxy) is 1. The van der Waals surface area contributed by atoms with Crippen LogP contribution >= 0.6 is 11.3 Å². The molecule has 42 heavy (non-hydrogen) atoms. The van der Waals surface area contributed by atoms with Gasteiger partial charge in [0.25, 0.3) is 0 Å². The number of pyridine rings is 1. The van der Waals surface area contributed by atoms with Gasteiger partial charge in [0.15, 0.2) is 5.82 Å². The quantitative estimate of drug-likeness (QED) is 0.371. The first-order chi connectivity index (χ1) is 20.4. The topological polar surface area (TPSA) is 102 Å². The highest BCUT2D eigenvalue weighted by atomic mass is 32.1. The van der Waals surface area contributed by atoms with Gasteiger partial charge in [-0.3, -0.25) is 9.88 Å². The molecule has 1 aromatic carbocycles. The molecule has 0 amide bonds. The van der Waals surface area contributed by atoms with Crippen LogP contribution in [-0.2, 0) is 24.4 Å². The first-order valence-corrected chi connectivity index (χ1v) is 15.4. The average molecular weight is 588 g/mol. The Morgan fingerprint density at radius 1 is 1.14 bits per heavy atom. The predicted molar refractivity (Wildman–Crippen MR) is 161 cm³/mol. The second-order valence-electron chi connectivity index (χ2n) is 11.7. The Morgan fingerprint density at radius 2 is 1.93 bits per heavy atom. The van der Waals surface area contributed by atoms with E-state index in [4.69, 9.17) is 14.7 Å². The van der Waals surface area contributed by atoms with Crippen LogP contribution in [0.15, 0.2) is 12.4 Å². The third-order valence-electron chi connectivity index (χ3n) is 9.48. The number of fused-ring (bicyclic) bond motifs is 4. The van der Waals surface area contributed by atoms with Crippen molar-refractivity contribution < 1.29 is 14.2 Å². The Morgan fingerprint density at radius 3 is 2.67 bits per heavy atom. The first-order valence-electron chi connectivity index (χ1n) is 14.6. The van der Waals surface area contributed by atoms with E-state index >= 15 is 0 Å². The Balaban J connectivity index is 1.37. The Kier molecular flexibility index (Phi) is 6.87. The van der Waals surface area contributed by atoms with Gasteiger partial charge in [0, 0.05) is 66.7 Å². The number of nitriles is 1. The van der Waals surface area contributed by atoms with Gasteiger partial charge in [-0.1, -0.05) is 6.92 Å². The zero-order valence-electron chi connectivity index (χ0n) is 24.2. The number of piperazine rings is 1. The second kappa shape index (κ2) is 10.5. The van der Waals surface area contributed by atoms with Gasteiger partial charge in [-0.05, 0) is 43.5 Å². The van der Waals surface area contributed by atoms with E-state index in [9.17, 15) is 14.8 Å². The maximum atomic E-state index is 15.0. The minimum absolute atomic E-state index is 0.101. The summed E-state index contributed by atoms with van der Waals surface area (Å²) in [5.41, 5.74) is 5.55. The molecular formula is C31H34FN7O2S. The summed E-state index contributed by atoms with van der Waals surface area (Å²) in [7, 11) is 2.14. The number of benzene rings is 1. The van der Waals surface area contributed by atoms with Crippen LogP contribution < -0.4 is 4.90 Å². The summed E-state index contributed by atoms with van der Waals surface area (Å²) in [5, 5.41) is 22.1. The van der Waals surface area contributed by atoms with E-state index in [0.717, 1.165) is 77.2 Å². The van der Waals surface area contributed by atoms with Crippen LogP contribution in [0.3, 0.4) is 0 Å². The van der Waals surface area contributed by atoms with Crippen molar-refractivity contribution in [2.45, 2.75) is 45.4 Å². The van der Waals surface area contributed by atoms with E-state index in [1.165, 1.54) is 17.5 Å². The highest BCUT2D eigenvalue weighted by Crippen LogP contribution is 2.45. The molecule has 0 saturated carbocycles. The second-order valence-corrected chi connectivity index (χ2v) is 13.0. The molecule has 3 aliphatic rings. The lowest BCUT2D eigenvalue weighted by Gasteiger charge is -2.44. The lowest BCUT2D eigenvalue weighted by molar-refractivity contribution is 0.0131. The van der Waals surface area contributed by atoms with Crippen LogP contribution in [0.4, 0.5) is 10.3 Å². The van der Waals surface area contributed by atoms with E-state index in [-0.39, 0.29) is 12.1 Å². The van der Waals surface area contributed by atoms with Gasteiger partial charge in [-0.15, -0.1) is 11.3 Å². The van der Waals surface area contributed by atoms with Gasteiger partial charge < -0.3 is 19.6 Å². The van der Waals surface area contributed by atoms with Crippen LogP contribution in [0.5, 0.6) is 0 Å². The number of aromatic nitrogens is 3. The van der Waals surface area contributed by atoms with Crippen molar-refractivity contribution in [2.24, 2.45) is 0 Å². The van der Waals surface area contributed by atoms with Gasteiger partial charge in [-0.2, -0.15) is 5.26 Å². The van der Waals surface area contributed by atoms with E-state index in [0.29, 0.717) is 53.5 Å². The minimum Gasteiger partial charge on any atom is -0.394 e. The molecule has 11 heteroatoms. The molecule has 3 aliphatic heterocycles. The summed E-state index contributed by atoms with van der Waals surface area (Å²) in [6.45, 7) is 10.2. The molecule has 7 rings (SSSR count). The number of aliphatic hydroxyl groups excluding tert-OH is 1. The van der Waals surface area contributed by atoms with Crippen molar-refractivity contribution in [3.8, 4) is 17.3 Å². The number of hydrogen-bond donors (Lipinski definition) is 1. The van der Waals surface area contributed by atoms with Gasteiger partial charge in [-0.25, -0.2) is 14.4 Å². The van der Waals surface area contributed by atoms with Crippen LogP contribution in [0.2, 0.25) is 0 Å². The van der Waals surface area contributed by atoms with Crippen molar-refractivity contribution in [1.82, 2.24) is 24.8 Å². The number of nitrogens with zero attached hydrogens (tertiary/aromatic N) is 7. The summed E-state index contributed by atoms with van der Waals surface area (Å²) >= 11 is 1.29. The molecule has 4 aromatic rings. The highest BCUT2D eigenvalue weighted by Gasteiger charge is 2.44. The number of thiophene rings is 1. The predicted octanol–water partition coefficient (Wildman–Crippen LogP) is 4.01. The Labute approximate surface area is 248 Å². The normalized spacial score (nSPS) is 21.5. The molecule has 6 heterocycles. The summed E-state index contributed by atoms with van der Waals surface area (Å²) in [5.74, 6) is 0.231. The maximum Gasteiger partial charge on any atom is 0.225 e. The van der Waals surface area contributed by atoms with Crippen molar-refractivity contribution in [2.75, 3.05) is 57.8 Å². The molecule has 1 N–H and O–H groups in total. The molecule has 2 saturated heterocycles. The monoisotopic (exact) mass is 587 g/mol. The number of halogens is 1. The molecule has 9 nitrogen and oxygen atoms in total. The largest absolute Gasteiger partial charge is 0.394 e. The van der Waals surface area contributed by atoms with Crippen molar-refractivity contribution in [3.05, 3.63) is 45.3 Å². The van der Waals surface area contributed by atoms with Gasteiger partial charge in [0.1, 0.15) is 6.07 Å². The zero-order valence-corrected chi connectivity index (χ0v) is 25.0.